The lowest BCUT2D eigenvalue weighted by molar-refractivity contribution is 1.04. The van der Waals surface area contributed by atoms with Crippen LogP contribution in [0.4, 0.5) is 34.1 Å². The highest BCUT2D eigenvalue weighted by molar-refractivity contribution is 5.84. The molecule has 0 spiro atoms. The zero-order valence-corrected chi connectivity index (χ0v) is 27.9. The molecule has 0 amide bonds. The Morgan fingerprint density at radius 3 is 1.20 bits per heavy atom. The number of anilines is 6. The third-order valence-corrected chi connectivity index (χ3v) is 9.26. The van der Waals surface area contributed by atoms with Gasteiger partial charge in [0.05, 0.1) is 0 Å². The standard InChI is InChI=1S/C48H38N2/c1-5-15-37(16-6-1)41-19-13-25-47(35-41)49(43-21-9-3-10-22-43)45-31-27-39(28-32-45)40-29-33-46(34-30-40)50(44-23-11-4-12-24-44)48-26-14-20-42(36-48)38-17-7-2-8-18-38/h1,3-7,9-36H,2,8H2. The van der Waals surface area contributed by atoms with E-state index >= 15 is 0 Å². The van der Waals surface area contributed by atoms with Crippen molar-refractivity contribution in [3.05, 3.63) is 212 Å². The van der Waals surface area contributed by atoms with Gasteiger partial charge in [0.25, 0.3) is 0 Å². The van der Waals surface area contributed by atoms with Crippen LogP contribution in [0.1, 0.15) is 18.4 Å². The minimum Gasteiger partial charge on any atom is -0.310 e. The molecule has 240 valence electrons. The largest absolute Gasteiger partial charge is 0.310 e. The molecule has 0 N–H and O–H groups in total. The zero-order valence-electron chi connectivity index (χ0n) is 27.9. The minimum atomic E-state index is 1.09. The van der Waals surface area contributed by atoms with Gasteiger partial charge in [-0.25, -0.2) is 0 Å². The summed E-state index contributed by atoms with van der Waals surface area (Å²) in [5, 5.41) is 0. The second-order valence-electron chi connectivity index (χ2n) is 12.5. The van der Waals surface area contributed by atoms with E-state index in [-0.39, 0.29) is 0 Å². The maximum atomic E-state index is 2.34. The third kappa shape index (κ3) is 6.65. The van der Waals surface area contributed by atoms with Crippen LogP contribution in [0.15, 0.2) is 206 Å². The Morgan fingerprint density at radius 1 is 0.300 bits per heavy atom. The molecule has 50 heavy (non-hydrogen) atoms. The topological polar surface area (TPSA) is 6.48 Å². The number of hydrogen-bond acceptors (Lipinski definition) is 2. The lowest BCUT2D eigenvalue weighted by Crippen LogP contribution is -2.10. The molecule has 7 aromatic carbocycles. The second-order valence-corrected chi connectivity index (χ2v) is 12.5. The van der Waals surface area contributed by atoms with E-state index in [4.69, 9.17) is 0 Å². The molecule has 0 saturated carbocycles. The van der Waals surface area contributed by atoms with Crippen LogP contribution in [-0.4, -0.2) is 0 Å². The number of hydrogen-bond donors (Lipinski definition) is 0. The highest BCUT2D eigenvalue weighted by Crippen LogP contribution is 2.39. The molecule has 1 aliphatic carbocycles. The summed E-state index contributed by atoms with van der Waals surface area (Å²) in [4.78, 5) is 4.66. The van der Waals surface area contributed by atoms with Crippen LogP contribution < -0.4 is 9.80 Å². The van der Waals surface area contributed by atoms with Crippen molar-refractivity contribution in [2.75, 3.05) is 9.80 Å². The maximum Gasteiger partial charge on any atom is 0.0467 e. The second kappa shape index (κ2) is 14.4. The van der Waals surface area contributed by atoms with Gasteiger partial charge in [-0.2, -0.15) is 0 Å². The van der Waals surface area contributed by atoms with Gasteiger partial charge < -0.3 is 9.80 Å². The van der Waals surface area contributed by atoms with Crippen molar-refractivity contribution in [3.8, 4) is 22.3 Å². The van der Waals surface area contributed by atoms with Gasteiger partial charge in [-0.3, -0.25) is 0 Å². The molecule has 0 saturated heterocycles. The Morgan fingerprint density at radius 2 is 0.700 bits per heavy atom. The highest BCUT2D eigenvalue weighted by Gasteiger charge is 2.16. The van der Waals surface area contributed by atoms with Gasteiger partial charge in [0, 0.05) is 34.1 Å². The molecular formula is C48H38N2. The average molecular weight is 643 g/mol. The lowest BCUT2D eigenvalue weighted by atomic mass is 9.98. The van der Waals surface area contributed by atoms with Crippen molar-refractivity contribution >= 4 is 39.7 Å². The predicted molar refractivity (Wildman–Crippen MR) is 213 cm³/mol. The van der Waals surface area contributed by atoms with E-state index in [0.29, 0.717) is 0 Å². The van der Waals surface area contributed by atoms with Gasteiger partial charge in [0.15, 0.2) is 0 Å². The fraction of sp³-hybridized carbons (Fsp3) is 0.0417. The van der Waals surface area contributed by atoms with Crippen LogP contribution in [0.2, 0.25) is 0 Å². The van der Waals surface area contributed by atoms with Crippen molar-refractivity contribution in [2.45, 2.75) is 12.8 Å². The van der Waals surface area contributed by atoms with E-state index in [0.717, 1.165) is 47.0 Å². The summed E-state index contributed by atoms with van der Waals surface area (Å²) in [5.74, 6) is 0. The Kier molecular flexibility index (Phi) is 8.90. The minimum absolute atomic E-state index is 1.09. The molecule has 0 radical (unpaired) electrons. The molecule has 0 bridgehead atoms. The van der Waals surface area contributed by atoms with Gasteiger partial charge >= 0.3 is 0 Å². The van der Waals surface area contributed by atoms with E-state index in [1.807, 2.05) is 0 Å². The zero-order chi connectivity index (χ0) is 33.5. The van der Waals surface area contributed by atoms with Crippen molar-refractivity contribution in [3.63, 3.8) is 0 Å². The van der Waals surface area contributed by atoms with Crippen LogP contribution in [0, 0.1) is 0 Å². The Balaban J connectivity index is 1.11. The fourth-order valence-corrected chi connectivity index (χ4v) is 6.76. The number of allylic oxidation sites excluding steroid dienone is 4. The normalized spacial score (nSPS) is 12.3. The number of rotatable bonds is 9. The van der Waals surface area contributed by atoms with E-state index in [2.05, 4.69) is 216 Å². The van der Waals surface area contributed by atoms with Crippen molar-refractivity contribution in [1.29, 1.82) is 0 Å². The average Bonchev–Trinajstić information content (AvgIpc) is 3.20. The third-order valence-electron chi connectivity index (χ3n) is 9.26. The first-order valence-corrected chi connectivity index (χ1v) is 17.3. The molecule has 2 nitrogen and oxygen atoms in total. The Hall–Kier alpha value is -6.38. The molecular weight excluding hydrogens is 605 g/mol. The summed E-state index contributed by atoms with van der Waals surface area (Å²) in [6, 6.07) is 67.2. The fourth-order valence-electron chi connectivity index (χ4n) is 6.76. The summed E-state index contributed by atoms with van der Waals surface area (Å²) in [5.41, 5.74) is 14.0. The molecule has 0 fully saturated rings. The van der Waals surface area contributed by atoms with Gasteiger partial charge in [-0.15, -0.1) is 0 Å². The van der Waals surface area contributed by atoms with Gasteiger partial charge in [0.2, 0.25) is 0 Å². The quantitative estimate of drug-likeness (QED) is 0.155. The molecule has 7 aromatic rings. The predicted octanol–water partition coefficient (Wildman–Crippen LogP) is 13.7. The molecule has 2 heteroatoms. The smallest absolute Gasteiger partial charge is 0.0467 e. The van der Waals surface area contributed by atoms with E-state index in [1.165, 1.54) is 33.4 Å². The summed E-state index contributed by atoms with van der Waals surface area (Å²) in [6.07, 6.45) is 9.06. The molecule has 0 aromatic heterocycles. The molecule has 0 unspecified atom stereocenters. The van der Waals surface area contributed by atoms with E-state index in [1.54, 1.807) is 0 Å². The highest BCUT2D eigenvalue weighted by atomic mass is 15.1. The van der Waals surface area contributed by atoms with Crippen LogP contribution in [0.3, 0.4) is 0 Å². The maximum absolute atomic E-state index is 2.34. The van der Waals surface area contributed by atoms with Crippen LogP contribution in [-0.2, 0) is 0 Å². The van der Waals surface area contributed by atoms with Crippen molar-refractivity contribution in [2.24, 2.45) is 0 Å². The Labute approximate surface area is 295 Å². The molecule has 0 atom stereocenters. The number of para-hydroxylation sites is 2. The van der Waals surface area contributed by atoms with Gasteiger partial charge in [-0.1, -0.05) is 133 Å². The molecule has 1 aliphatic rings. The summed E-state index contributed by atoms with van der Waals surface area (Å²) in [6.45, 7) is 0. The number of benzene rings is 7. The summed E-state index contributed by atoms with van der Waals surface area (Å²) in [7, 11) is 0. The lowest BCUT2D eigenvalue weighted by Gasteiger charge is -2.27. The van der Waals surface area contributed by atoms with E-state index < -0.39 is 0 Å². The monoisotopic (exact) mass is 642 g/mol. The van der Waals surface area contributed by atoms with Crippen molar-refractivity contribution in [1.82, 2.24) is 0 Å². The van der Waals surface area contributed by atoms with Gasteiger partial charge in [-0.05, 0) is 119 Å². The van der Waals surface area contributed by atoms with Crippen LogP contribution >= 0.6 is 0 Å². The molecule has 0 aliphatic heterocycles. The Bertz CT molecular complexity index is 2230. The van der Waals surface area contributed by atoms with Crippen LogP contribution in [0.5, 0.6) is 0 Å². The SMILES string of the molecule is C1=CC(c2cccc(N(c3ccccc3)c3ccc(-c4ccc(N(c5ccccc5)c5cccc(-c6ccccc6)c5)cc4)cc3)c2)=CCC1. The van der Waals surface area contributed by atoms with Gasteiger partial charge in [0.1, 0.15) is 0 Å². The van der Waals surface area contributed by atoms with Crippen molar-refractivity contribution < 1.29 is 0 Å². The first-order chi connectivity index (χ1) is 24.8. The summed E-state index contributed by atoms with van der Waals surface area (Å²) >= 11 is 0. The molecule has 0 heterocycles. The first kappa shape index (κ1) is 30.9. The number of nitrogens with zero attached hydrogens (tertiary/aromatic N) is 2. The summed E-state index contributed by atoms with van der Waals surface area (Å²) < 4.78 is 0. The van der Waals surface area contributed by atoms with E-state index in [9.17, 15) is 0 Å². The first-order valence-electron chi connectivity index (χ1n) is 17.3. The molecule has 8 rings (SSSR count). The van der Waals surface area contributed by atoms with Crippen LogP contribution in [0.25, 0.3) is 27.8 Å².